The number of hydrogen-bond donors (Lipinski definition) is 1. The third kappa shape index (κ3) is 6.77. The number of anilines is 1. The smallest absolute Gasteiger partial charge is 0.338 e. The van der Waals surface area contributed by atoms with Gasteiger partial charge in [-0.2, -0.15) is 0 Å². The molecule has 0 aromatic heterocycles. The Morgan fingerprint density at radius 2 is 1.73 bits per heavy atom. The summed E-state index contributed by atoms with van der Waals surface area (Å²) in [6, 6.07) is 23.2. The van der Waals surface area contributed by atoms with E-state index in [1.165, 1.54) is 11.8 Å². The molecule has 2 amide bonds. The van der Waals surface area contributed by atoms with Crippen LogP contribution >= 0.6 is 11.8 Å². The number of methoxy groups -OCH3 is 1. The van der Waals surface area contributed by atoms with Gasteiger partial charge in [-0.1, -0.05) is 42.1 Å². The molecule has 1 aliphatic heterocycles. The number of carbonyl (C=O) groups is 3. The fraction of sp³-hybridized carbons (Fsp3) is 0.214. The van der Waals surface area contributed by atoms with Crippen molar-refractivity contribution in [3.63, 3.8) is 0 Å². The molecule has 1 atom stereocenters. The van der Waals surface area contributed by atoms with Gasteiger partial charge >= 0.3 is 5.97 Å². The second-order valence-electron chi connectivity index (χ2n) is 8.16. The molecule has 3 aromatic rings. The van der Waals surface area contributed by atoms with Gasteiger partial charge in [0.2, 0.25) is 11.8 Å². The highest BCUT2D eigenvalue weighted by Gasteiger charge is 2.36. The molecule has 37 heavy (non-hydrogen) atoms. The second kappa shape index (κ2) is 12.2. The lowest BCUT2D eigenvalue weighted by Gasteiger charge is -2.32. The Labute approximate surface area is 219 Å². The molecule has 4 rings (SSSR count). The third-order valence-corrected chi connectivity index (χ3v) is 6.76. The number of amides is 2. The van der Waals surface area contributed by atoms with Gasteiger partial charge in [0, 0.05) is 12.1 Å². The highest BCUT2D eigenvalue weighted by Crippen LogP contribution is 2.31. The number of esters is 1. The predicted molar refractivity (Wildman–Crippen MR) is 144 cm³/mol. The van der Waals surface area contributed by atoms with Crippen molar-refractivity contribution in [2.45, 2.75) is 25.1 Å². The van der Waals surface area contributed by atoms with Crippen molar-refractivity contribution in [2.24, 2.45) is 4.99 Å². The molecule has 0 saturated carbocycles. The Balaban J connectivity index is 1.57. The van der Waals surface area contributed by atoms with Gasteiger partial charge in [0.1, 0.15) is 11.0 Å². The van der Waals surface area contributed by atoms with Gasteiger partial charge < -0.3 is 14.8 Å². The van der Waals surface area contributed by atoms with Crippen LogP contribution in [0.15, 0.2) is 83.9 Å². The molecular formula is C28H27N3O5S. The maximum absolute atomic E-state index is 13.2. The number of nitrogens with one attached hydrogen (secondary N) is 1. The van der Waals surface area contributed by atoms with Crippen molar-refractivity contribution >= 4 is 46.1 Å². The maximum atomic E-state index is 13.2. The molecule has 1 saturated heterocycles. The molecule has 1 fully saturated rings. The topological polar surface area (TPSA) is 97.3 Å². The molecular weight excluding hydrogens is 490 g/mol. The summed E-state index contributed by atoms with van der Waals surface area (Å²) in [5.41, 5.74) is 2.52. The summed E-state index contributed by atoms with van der Waals surface area (Å²) >= 11 is 1.24. The van der Waals surface area contributed by atoms with Crippen LogP contribution in [0, 0.1) is 0 Å². The lowest BCUT2D eigenvalue weighted by Crippen LogP contribution is -2.44. The first kappa shape index (κ1) is 26.0. The monoisotopic (exact) mass is 517 g/mol. The van der Waals surface area contributed by atoms with E-state index in [9.17, 15) is 14.4 Å². The molecule has 9 heteroatoms. The van der Waals surface area contributed by atoms with Crippen LogP contribution in [0.1, 0.15) is 29.3 Å². The fourth-order valence-electron chi connectivity index (χ4n) is 3.66. The Bertz CT molecular complexity index is 1280. The first-order valence-electron chi connectivity index (χ1n) is 11.8. The summed E-state index contributed by atoms with van der Waals surface area (Å²) in [6.07, 6.45) is 0.0420. The van der Waals surface area contributed by atoms with Gasteiger partial charge in [-0.15, -0.1) is 0 Å². The zero-order valence-electron chi connectivity index (χ0n) is 20.5. The molecule has 0 bridgehead atoms. The molecule has 1 N–H and O–H groups in total. The van der Waals surface area contributed by atoms with Gasteiger partial charge in [-0.25, -0.2) is 9.79 Å². The summed E-state index contributed by atoms with van der Waals surface area (Å²) in [5, 5.41) is 2.63. The summed E-state index contributed by atoms with van der Waals surface area (Å²) in [4.78, 5) is 44.6. The van der Waals surface area contributed by atoms with Crippen LogP contribution < -0.4 is 10.1 Å². The molecule has 1 heterocycles. The quantitative estimate of drug-likeness (QED) is 0.421. The van der Waals surface area contributed by atoms with Crippen molar-refractivity contribution in [2.75, 3.05) is 19.0 Å². The van der Waals surface area contributed by atoms with E-state index >= 15 is 0 Å². The summed E-state index contributed by atoms with van der Waals surface area (Å²) in [7, 11) is 1.57. The number of amidine groups is 1. The van der Waals surface area contributed by atoms with Gasteiger partial charge in [0.15, 0.2) is 5.17 Å². The standard InChI is InChI=1S/C28H27N3O5S/c1-3-36-27(34)20-9-11-22(12-10-20)30-28-31(18-19-7-5-4-6-8-19)25(32)17-24(37-28)26(33)29-21-13-15-23(35-2)16-14-21/h4-16,24H,3,17-18H2,1-2H3,(H,29,33)/t24-/m1/s1. The van der Waals surface area contributed by atoms with Crippen molar-refractivity contribution in [3.05, 3.63) is 90.0 Å². The summed E-state index contributed by atoms with van der Waals surface area (Å²) < 4.78 is 10.2. The Morgan fingerprint density at radius 1 is 1.03 bits per heavy atom. The molecule has 0 aliphatic carbocycles. The third-order valence-electron chi connectivity index (χ3n) is 5.58. The summed E-state index contributed by atoms with van der Waals surface area (Å²) in [5.74, 6) is -0.210. The highest BCUT2D eigenvalue weighted by molar-refractivity contribution is 8.15. The molecule has 3 aromatic carbocycles. The Kier molecular flexibility index (Phi) is 8.58. The number of aliphatic imine (C=N–C) groups is 1. The number of benzene rings is 3. The van der Waals surface area contributed by atoms with E-state index in [2.05, 4.69) is 5.32 Å². The van der Waals surface area contributed by atoms with Crippen LogP contribution in [-0.2, 0) is 20.9 Å². The largest absolute Gasteiger partial charge is 0.497 e. The van der Waals surface area contributed by atoms with Gasteiger partial charge in [0.05, 0.1) is 31.5 Å². The molecule has 0 spiro atoms. The molecule has 190 valence electrons. The van der Waals surface area contributed by atoms with E-state index in [-0.39, 0.29) is 24.8 Å². The number of nitrogens with zero attached hydrogens (tertiary/aromatic N) is 2. The van der Waals surface area contributed by atoms with E-state index in [0.717, 1.165) is 5.56 Å². The minimum Gasteiger partial charge on any atom is -0.497 e. The minimum atomic E-state index is -0.654. The van der Waals surface area contributed by atoms with Crippen molar-refractivity contribution in [1.29, 1.82) is 0 Å². The number of thioether (sulfide) groups is 1. The van der Waals surface area contributed by atoms with E-state index in [4.69, 9.17) is 14.5 Å². The lowest BCUT2D eigenvalue weighted by atomic mass is 10.2. The number of ether oxygens (including phenoxy) is 2. The Morgan fingerprint density at radius 3 is 2.38 bits per heavy atom. The van der Waals surface area contributed by atoms with Crippen molar-refractivity contribution in [1.82, 2.24) is 4.90 Å². The Hall–Kier alpha value is -4.11. The van der Waals surface area contributed by atoms with E-state index in [1.54, 1.807) is 67.5 Å². The average Bonchev–Trinajstić information content (AvgIpc) is 2.92. The number of carbonyl (C=O) groups excluding carboxylic acids is 3. The van der Waals surface area contributed by atoms with Crippen molar-refractivity contribution < 1.29 is 23.9 Å². The first-order valence-corrected chi connectivity index (χ1v) is 12.7. The van der Waals surface area contributed by atoms with E-state index < -0.39 is 11.2 Å². The van der Waals surface area contributed by atoms with Crippen LogP contribution in [0.25, 0.3) is 0 Å². The zero-order valence-corrected chi connectivity index (χ0v) is 21.4. The van der Waals surface area contributed by atoms with Crippen LogP contribution in [0.4, 0.5) is 11.4 Å². The number of hydrogen-bond acceptors (Lipinski definition) is 7. The van der Waals surface area contributed by atoms with Gasteiger partial charge in [-0.05, 0) is 61.0 Å². The van der Waals surface area contributed by atoms with E-state index in [1.807, 2.05) is 30.3 Å². The first-order chi connectivity index (χ1) is 18.0. The molecule has 1 aliphatic rings. The number of rotatable bonds is 8. The molecule has 0 radical (unpaired) electrons. The maximum Gasteiger partial charge on any atom is 0.338 e. The van der Waals surface area contributed by atoms with Gasteiger partial charge in [-0.3, -0.25) is 14.5 Å². The molecule has 0 unspecified atom stereocenters. The van der Waals surface area contributed by atoms with Crippen LogP contribution in [0.2, 0.25) is 0 Å². The second-order valence-corrected chi connectivity index (χ2v) is 9.33. The lowest BCUT2D eigenvalue weighted by molar-refractivity contribution is -0.129. The van der Waals surface area contributed by atoms with Gasteiger partial charge in [0.25, 0.3) is 0 Å². The van der Waals surface area contributed by atoms with Crippen LogP contribution in [-0.4, -0.2) is 46.8 Å². The van der Waals surface area contributed by atoms with Crippen molar-refractivity contribution in [3.8, 4) is 5.75 Å². The highest BCUT2D eigenvalue weighted by atomic mass is 32.2. The van der Waals surface area contributed by atoms with E-state index in [0.29, 0.717) is 34.4 Å². The fourth-order valence-corrected chi connectivity index (χ4v) is 4.75. The van der Waals surface area contributed by atoms with Crippen LogP contribution in [0.5, 0.6) is 5.75 Å². The average molecular weight is 518 g/mol. The summed E-state index contributed by atoms with van der Waals surface area (Å²) in [6.45, 7) is 2.37. The SMILES string of the molecule is CCOC(=O)c1ccc(N=C2S[C@@H](C(=O)Nc3ccc(OC)cc3)CC(=O)N2Cc2ccccc2)cc1. The van der Waals surface area contributed by atoms with Crippen LogP contribution in [0.3, 0.4) is 0 Å². The zero-order chi connectivity index (χ0) is 26.2. The minimum absolute atomic E-state index is 0.0420. The predicted octanol–water partition coefficient (Wildman–Crippen LogP) is 5.03. The normalized spacial score (nSPS) is 16.4. The molecule has 8 nitrogen and oxygen atoms in total.